The number of likely N-dealkylation sites (tertiary alicyclic amines) is 1. The molecule has 1 aromatic rings. The van der Waals surface area contributed by atoms with E-state index in [0.717, 1.165) is 43.7 Å². The maximum absolute atomic E-state index is 13.2. The summed E-state index contributed by atoms with van der Waals surface area (Å²) in [6.07, 6.45) is 10.3. The summed E-state index contributed by atoms with van der Waals surface area (Å²) in [7, 11) is 0. The van der Waals surface area contributed by atoms with Gasteiger partial charge in [-0.15, -0.1) is 16.4 Å². The van der Waals surface area contributed by atoms with Gasteiger partial charge in [0.1, 0.15) is 5.69 Å². The van der Waals surface area contributed by atoms with Gasteiger partial charge in [-0.1, -0.05) is 13.0 Å². The van der Waals surface area contributed by atoms with Crippen LogP contribution in [-0.2, 0) is 4.84 Å². The second-order valence-electron chi connectivity index (χ2n) is 8.96. The molecule has 0 saturated carbocycles. The zero-order chi connectivity index (χ0) is 21.8. The van der Waals surface area contributed by atoms with Gasteiger partial charge in [0.2, 0.25) is 0 Å². The maximum Gasteiger partial charge on any atom is 0.426 e. The van der Waals surface area contributed by atoms with E-state index in [2.05, 4.69) is 11.4 Å². The minimum Gasteiger partial charge on any atom is -0.351 e. The molecule has 2 saturated heterocycles. The number of piperidine rings is 2. The van der Waals surface area contributed by atoms with Crippen LogP contribution in [0.3, 0.4) is 0 Å². The molecule has 1 N–H and O–H groups in total. The van der Waals surface area contributed by atoms with Gasteiger partial charge in [-0.25, -0.2) is 9.78 Å². The first-order chi connectivity index (χ1) is 15.0. The van der Waals surface area contributed by atoms with E-state index in [4.69, 9.17) is 9.82 Å². The lowest BCUT2D eigenvalue weighted by Crippen LogP contribution is -2.41. The average molecular weight is 447 g/mol. The second kappa shape index (κ2) is 10.1. The van der Waals surface area contributed by atoms with Crippen molar-refractivity contribution in [2.24, 2.45) is 5.92 Å². The van der Waals surface area contributed by atoms with E-state index in [-0.39, 0.29) is 18.0 Å². The summed E-state index contributed by atoms with van der Waals surface area (Å²) in [5, 5.41) is 7.51. The van der Waals surface area contributed by atoms with Crippen molar-refractivity contribution in [1.29, 1.82) is 0 Å². The highest BCUT2D eigenvalue weighted by Crippen LogP contribution is 2.36. The Hall–Kier alpha value is -1.93. The lowest BCUT2D eigenvalue weighted by molar-refractivity contribution is -0.114. The number of aromatic nitrogens is 1. The largest absolute Gasteiger partial charge is 0.426 e. The zero-order valence-corrected chi connectivity index (χ0v) is 19.5. The summed E-state index contributed by atoms with van der Waals surface area (Å²) >= 11 is 1.59. The fraction of sp³-hybridized carbons (Fsp3) is 0.696. The molecule has 2 fully saturated rings. The number of fused-ring (bicyclic) bond motifs is 1. The molecule has 8 heteroatoms. The van der Waals surface area contributed by atoms with E-state index in [1.54, 1.807) is 16.4 Å². The minimum absolute atomic E-state index is 0.0582. The molecule has 0 aromatic carbocycles. The molecular formula is C23H34N4O3S. The Morgan fingerprint density at radius 3 is 2.74 bits per heavy atom. The van der Waals surface area contributed by atoms with Crippen LogP contribution in [0.25, 0.3) is 0 Å². The first-order valence-electron chi connectivity index (χ1n) is 11.8. The molecule has 2 atom stereocenters. The van der Waals surface area contributed by atoms with Gasteiger partial charge in [-0.05, 0) is 64.2 Å². The molecule has 31 heavy (non-hydrogen) atoms. The van der Waals surface area contributed by atoms with Crippen LogP contribution in [-0.4, -0.2) is 52.6 Å². The van der Waals surface area contributed by atoms with Crippen molar-refractivity contribution in [1.82, 2.24) is 20.3 Å². The molecule has 2 amide bonds. The van der Waals surface area contributed by atoms with E-state index in [9.17, 15) is 9.59 Å². The Bertz CT molecular complexity index is 815. The summed E-state index contributed by atoms with van der Waals surface area (Å²) in [6.45, 7) is 6.16. The third kappa shape index (κ3) is 5.29. The van der Waals surface area contributed by atoms with Gasteiger partial charge in [0.15, 0.2) is 0 Å². The lowest BCUT2D eigenvalue weighted by Gasteiger charge is -2.37. The molecule has 170 valence electrons. The number of allylic oxidation sites excluding steroid dienone is 2. The third-order valence-corrected chi connectivity index (χ3v) is 7.76. The van der Waals surface area contributed by atoms with Crippen LogP contribution in [0.4, 0.5) is 4.79 Å². The summed E-state index contributed by atoms with van der Waals surface area (Å²) in [5.41, 5.74) is 1.82. The summed E-state index contributed by atoms with van der Waals surface area (Å²) in [5.74, 6) is 0.918. The summed E-state index contributed by atoms with van der Waals surface area (Å²) in [4.78, 5) is 37.3. The van der Waals surface area contributed by atoms with Crippen LogP contribution >= 0.6 is 11.3 Å². The van der Waals surface area contributed by atoms with Gasteiger partial charge < -0.3 is 15.1 Å². The summed E-state index contributed by atoms with van der Waals surface area (Å²) in [6, 6.07) is 0.107. The Morgan fingerprint density at radius 1 is 1.19 bits per heavy atom. The number of hydrogen-bond acceptors (Lipinski definition) is 6. The van der Waals surface area contributed by atoms with E-state index in [1.165, 1.54) is 25.0 Å². The van der Waals surface area contributed by atoms with Gasteiger partial charge in [0.25, 0.3) is 5.91 Å². The molecule has 3 aliphatic rings. The van der Waals surface area contributed by atoms with Gasteiger partial charge in [-0.3, -0.25) is 4.79 Å². The molecule has 7 nitrogen and oxygen atoms in total. The minimum atomic E-state index is -0.383. The highest BCUT2D eigenvalue weighted by molar-refractivity contribution is 7.09. The molecule has 3 heterocycles. The van der Waals surface area contributed by atoms with E-state index in [1.807, 2.05) is 24.1 Å². The van der Waals surface area contributed by atoms with Crippen LogP contribution in [0.5, 0.6) is 0 Å². The normalized spacial score (nSPS) is 23.6. The Labute approximate surface area is 188 Å². The van der Waals surface area contributed by atoms with Crippen molar-refractivity contribution in [2.75, 3.05) is 19.6 Å². The fourth-order valence-corrected chi connectivity index (χ4v) is 5.71. The number of hydrogen-bond donors (Lipinski definition) is 1. The predicted molar refractivity (Wildman–Crippen MR) is 121 cm³/mol. The maximum atomic E-state index is 13.2. The van der Waals surface area contributed by atoms with Crippen LogP contribution in [0, 0.1) is 5.92 Å². The highest BCUT2D eigenvalue weighted by atomic mass is 32.1. The molecular weight excluding hydrogens is 412 g/mol. The molecule has 4 rings (SSSR count). The first-order valence-corrected chi connectivity index (χ1v) is 12.6. The summed E-state index contributed by atoms with van der Waals surface area (Å²) < 4.78 is 0. The number of hydroxylamine groups is 2. The molecule has 2 aliphatic heterocycles. The van der Waals surface area contributed by atoms with Crippen molar-refractivity contribution in [3.63, 3.8) is 0 Å². The van der Waals surface area contributed by atoms with E-state index >= 15 is 0 Å². The Kier molecular flexibility index (Phi) is 7.27. The van der Waals surface area contributed by atoms with Crippen molar-refractivity contribution < 1.29 is 14.4 Å². The predicted octanol–water partition coefficient (Wildman–Crippen LogP) is 4.68. The SMILES string of the molecule is CCC(C)NC(=O)ON1CCC(c2nc(C(=O)N3CCCC4CCCC=C43)cs2)CC1. The van der Waals surface area contributed by atoms with Crippen LogP contribution in [0.2, 0.25) is 0 Å². The topological polar surface area (TPSA) is 74.8 Å². The first kappa shape index (κ1) is 22.3. The van der Waals surface area contributed by atoms with Crippen molar-refractivity contribution in [2.45, 2.75) is 77.2 Å². The highest BCUT2D eigenvalue weighted by Gasteiger charge is 2.32. The number of amides is 2. The van der Waals surface area contributed by atoms with Gasteiger partial charge in [0, 0.05) is 42.7 Å². The van der Waals surface area contributed by atoms with Gasteiger partial charge in [-0.2, -0.15) is 0 Å². The molecule has 1 aromatic heterocycles. The number of thiazole rings is 1. The van der Waals surface area contributed by atoms with E-state index in [0.29, 0.717) is 30.6 Å². The zero-order valence-electron chi connectivity index (χ0n) is 18.6. The molecule has 0 spiro atoms. The van der Waals surface area contributed by atoms with Crippen LogP contribution < -0.4 is 5.32 Å². The number of carbonyl (C=O) groups excluding carboxylic acids is 2. The van der Waals surface area contributed by atoms with Crippen LogP contribution in [0.15, 0.2) is 17.2 Å². The Balaban J connectivity index is 1.32. The molecule has 0 radical (unpaired) electrons. The number of carbonyl (C=O) groups is 2. The smallest absolute Gasteiger partial charge is 0.351 e. The second-order valence-corrected chi connectivity index (χ2v) is 9.85. The molecule has 0 bridgehead atoms. The quantitative estimate of drug-likeness (QED) is 0.711. The van der Waals surface area contributed by atoms with Crippen LogP contribution in [0.1, 0.15) is 86.6 Å². The third-order valence-electron chi connectivity index (χ3n) is 6.75. The lowest BCUT2D eigenvalue weighted by atomic mass is 9.85. The van der Waals surface area contributed by atoms with E-state index < -0.39 is 0 Å². The van der Waals surface area contributed by atoms with Crippen molar-refractivity contribution in [3.05, 3.63) is 27.9 Å². The number of nitrogens with one attached hydrogen (secondary N) is 1. The monoisotopic (exact) mass is 446 g/mol. The fourth-order valence-electron chi connectivity index (χ4n) is 4.75. The Morgan fingerprint density at radius 2 is 1.97 bits per heavy atom. The van der Waals surface area contributed by atoms with Crippen molar-refractivity contribution in [3.8, 4) is 0 Å². The number of nitrogens with zero attached hydrogens (tertiary/aromatic N) is 3. The average Bonchev–Trinajstić information content (AvgIpc) is 3.29. The van der Waals surface area contributed by atoms with Gasteiger partial charge >= 0.3 is 6.09 Å². The molecule has 1 aliphatic carbocycles. The van der Waals surface area contributed by atoms with Crippen molar-refractivity contribution >= 4 is 23.3 Å². The number of rotatable bonds is 5. The molecule has 2 unspecified atom stereocenters. The standard InChI is InChI=1S/C23H34N4O3S/c1-3-16(2)24-23(29)30-26-13-10-18(11-14-26)21-25-19(15-31-21)22(28)27-12-6-8-17-7-4-5-9-20(17)27/h9,15-18H,3-8,10-14H2,1-2H3,(H,24,29). The van der Waals surface area contributed by atoms with Gasteiger partial charge in [0.05, 0.1) is 5.01 Å².